The summed E-state index contributed by atoms with van der Waals surface area (Å²) < 4.78 is 0. The van der Waals surface area contributed by atoms with E-state index in [0.717, 1.165) is 32.5 Å². The first kappa shape index (κ1) is 14.2. The maximum Gasteiger partial charge on any atom is 0.226 e. The van der Waals surface area contributed by atoms with Crippen molar-refractivity contribution in [2.24, 2.45) is 5.92 Å². The molecule has 1 atom stereocenters. The Labute approximate surface area is 127 Å². The lowest BCUT2D eigenvalue weighted by Crippen LogP contribution is -2.55. The Kier molecular flexibility index (Phi) is 4.00. The van der Waals surface area contributed by atoms with Gasteiger partial charge in [-0.2, -0.15) is 0 Å². The van der Waals surface area contributed by atoms with Crippen LogP contribution in [-0.4, -0.2) is 36.5 Å². The first-order valence-electron chi connectivity index (χ1n) is 7.92. The standard InChI is InChI=1S/C18H24N2O/c1-14-7-9-17(10-8-14)19-11-12-20(15(2)13-19)18(21)16-5-3-4-6-16/h3-4,7-10,15-16H,5-6,11-13H2,1-2H3/t15-/m0/s1. The molecule has 3 rings (SSSR count). The number of carbonyl (C=O) groups is 1. The van der Waals surface area contributed by atoms with Crippen LogP contribution in [0, 0.1) is 12.8 Å². The molecule has 112 valence electrons. The fraction of sp³-hybridized carbons (Fsp3) is 0.500. The molecule has 1 aromatic carbocycles. The van der Waals surface area contributed by atoms with Crippen LogP contribution in [0.4, 0.5) is 5.69 Å². The first-order chi connectivity index (χ1) is 10.1. The summed E-state index contributed by atoms with van der Waals surface area (Å²) in [5.41, 5.74) is 2.55. The third-order valence-corrected chi connectivity index (χ3v) is 4.67. The normalized spacial score (nSPS) is 22.9. The third kappa shape index (κ3) is 2.97. The van der Waals surface area contributed by atoms with Crippen LogP contribution in [0.2, 0.25) is 0 Å². The zero-order chi connectivity index (χ0) is 14.8. The Hall–Kier alpha value is -1.77. The maximum absolute atomic E-state index is 12.6. The molecule has 1 aromatic rings. The minimum atomic E-state index is 0.193. The van der Waals surface area contributed by atoms with Crippen molar-refractivity contribution in [1.29, 1.82) is 0 Å². The molecule has 0 N–H and O–H groups in total. The Morgan fingerprint density at radius 3 is 2.38 bits per heavy atom. The largest absolute Gasteiger partial charge is 0.368 e. The summed E-state index contributed by atoms with van der Waals surface area (Å²) in [7, 11) is 0. The summed E-state index contributed by atoms with van der Waals surface area (Å²) in [6.45, 7) is 6.97. The lowest BCUT2D eigenvalue weighted by Gasteiger charge is -2.42. The minimum Gasteiger partial charge on any atom is -0.368 e. The van der Waals surface area contributed by atoms with E-state index in [1.165, 1.54) is 11.3 Å². The Morgan fingerprint density at radius 2 is 1.76 bits per heavy atom. The Balaban J connectivity index is 1.63. The average Bonchev–Trinajstić information content (AvgIpc) is 3.01. The summed E-state index contributed by atoms with van der Waals surface area (Å²) in [6.07, 6.45) is 6.11. The zero-order valence-electron chi connectivity index (χ0n) is 13.0. The highest BCUT2D eigenvalue weighted by molar-refractivity contribution is 5.80. The minimum absolute atomic E-state index is 0.193. The summed E-state index contributed by atoms with van der Waals surface area (Å²) in [6, 6.07) is 8.96. The molecule has 1 heterocycles. The molecule has 0 saturated carbocycles. The van der Waals surface area contributed by atoms with E-state index in [1.54, 1.807) is 0 Å². The van der Waals surface area contributed by atoms with E-state index in [-0.39, 0.29) is 12.0 Å². The van der Waals surface area contributed by atoms with Gasteiger partial charge in [0.1, 0.15) is 0 Å². The number of allylic oxidation sites excluding steroid dienone is 2. The fourth-order valence-corrected chi connectivity index (χ4v) is 3.33. The van der Waals surface area contributed by atoms with Gasteiger partial charge in [0, 0.05) is 37.3 Å². The van der Waals surface area contributed by atoms with Crippen molar-refractivity contribution in [2.45, 2.75) is 32.7 Å². The molecule has 0 radical (unpaired) electrons. The van der Waals surface area contributed by atoms with Crippen LogP contribution in [0.25, 0.3) is 0 Å². The van der Waals surface area contributed by atoms with Crippen molar-refractivity contribution in [3.8, 4) is 0 Å². The van der Waals surface area contributed by atoms with E-state index >= 15 is 0 Å². The quantitative estimate of drug-likeness (QED) is 0.779. The highest BCUT2D eigenvalue weighted by Crippen LogP contribution is 2.25. The van der Waals surface area contributed by atoms with Gasteiger partial charge in [-0.3, -0.25) is 4.79 Å². The smallest absolute Gasteiger partial charge is 0.226 e. The second-order valence-electron chi connectivity index (χ2n) is 6.30. The van der Waals surface area contributed by atoms with Crippen molar-refractivity contribution < 1.29 is 4.79 Å². The summed E-state index contributed by atoms with van der Waals surface area (Å²) in [5.74, 6) is 0.537. The molecule has 0 aromatic heterocycles. The van der Waals surface area contributed by atoms with E-state index < -0.39 is 0 Å². The molecule has 3 nitrogen and oxygen atoms in total. The molecule has 1 aliphatic carbocycles. The molecule has 1 fully saturated rings. The SMILES string of the molecule is Cc1ccc(N2CCN(C(=O)C3CC=CC3)[C@@H](C)C2)cc1. The molecule has 0 unspecified atom stereocenters. The number of benzene rings is 1. The van der Waals surface area contributed by atoms with Crippen LogP contribution in [0.3, 0.4) is 0 Å². The predicted octanol–water partition coefficient (Wildman–Crippen LogP) is 3.00. The van der Waals surface area contributed by atoms with Crippen LogP contribution in [0.1, 0.15) is 25.3 Å². The summed E-state index contributed by atoms with van der Waals surface area (Å²) in [5, 5.41) is 0. The third-order valence-electron chi connectivity index (χ3n) is 4.67. The average molecular weight is 284 g/mol. The number of piperazine rings is 1. The molecule has 0 spiro atoms. The van der Waals surface area contributed by atoms with Crippen LogP contribution < -0.4 is 4.90 Å². The monoisotopic (exact) mass is 284 g/mol. The molecule has 0 bridgehead atoms. The lowest BCUT2D eigenvalue weighted by molar-refractivity contribution is -0.137. The number of hydrogen-bond donors (Lipinski definition) is 0. The van der Waals surface area contributed by atoms with Crippen molar-refractivity contribution in [3.63, 3.8) is 0 Å². The fourth-order valence-electron chi connectivity index (χ4n) is 3.33. The highest BCUT2D eigenvalue weighted by atomic mass is 16.2. The molecule has 21 heavy (non-hydrogen) atoms. The highest BCUT2D eigenvalue weighted by Gasteiger charge is 2.31. The number of anilines is 1. The predicted molar refractivity (Wildman–Crippen MR) is 86.4 cm³/mol. The van der Waals surface area contributed by atoms with Gasteiger partial charge in [0.2, 0.25) is 5.91 Å². The zero-order valence-corrected chi connectivity index (χ0v) is 13.0. The van der Waals surface area contributed by atoms with E-state index in [2.05, 4.69) is 60.1 Å². The molecule has 1 saturated heterocycles. The number of nitrogens with zero attached hydrogens (tertiary/aromatic N) is 2. The van der Waals surface area contributed by atoms with Crippen molar-refractivity contribution in [3.05, 3.63) is 42.0 Å². The van der Waals surface area contributed by atoms with E-state index in [4.69, 9.17) is 0 Å². The van der Waals surface area contributed by atoms with Crippen LogP contribution in [0.5, 0.6) is 0 Å². The topological polar surface area (TPSA) is 23.6 Å². The number of aryl methyl sites for hydroxylation is 1. The van der Waals surface area contributed by atoms with Crippen LogP contribution in [-0.2, 0) is 4.79 Å². The Morgan fingerprint density at radius 1 is 1.10 bits per heavy atom. The van der Waals surface area contributed by atoms with Gasteiger partial charge in [-0.15, -0.1) is 0 Å². The molecular formula is C18H24N2O. The molecular weight excluding hydrogens is 260 g/mol. The molecule has 3 heteroatoms. The van der Waals surface area contributed by atoms with Crippen molar-refractivity contribution in [1.82, 2.24) is 4.90 Å². The van der Waals surface area contributed by atoms with Gasteiger partial charge in [-0.1, -0.05) is 29.8 Å². The van der Waals surface area contributed by atoms with Gasteiger partial charge in [0.25, 0.3) is 0 Å². The maximum atomic E-state index is 12.6. The molecule has 1 amide bonds. The van der Waals surface area contributed by atoms with Gasteiger partial charge < -0.3 is 9.80 Å². The Bertz CT molecular complexity index is 527. The van der Waals surface area contributed by atoms with Crippen molar-refractivity contribution >= 4 is 11.6 Å². The molecule has 1 aliphatic heterocycles. The molecule has 2 aliphatic rings. The van der Waals surface area contributed by atoms with Gasteiger partial charge in [-0.05, 0) is 38.8 Å². The van der Waals surface area contributed by atoms with Gasteiger partial charge in [-0.25, -0.2) is 0 Å². The number of rotatable bonds is 2. The van der Waals surface area contributed by atoms with E-state index in [0.29, 0.717) is 5.91 Å². The van der Waals surface area contributed by atoms with Crippen LogP contribution in [0.15, 0.2) is 36.4 Å². The number of amides is 1. The van der Waals surface area contributed by atoms with Gasteiger partial charge in [0.15, 0.2) is 0 Å². The summed E-state index contributed by atoms with van der Waals surface area (Å²) in [4.78, 5) is 17.0. The summed E-state index contributed by atoms with van der Waals surface area (Å²) >= 11 is 0. The second kappa shape index (κ2) is 5.92. The second-order valence-corrected chi connectivity index (χ2v) is 6.30. The van der Waals surface area contributed by atoms with E-state index in [1.807, 2.05) is 0 Å². The number of hydrogen-bond acceptors (Lipinski definition) is 2. The van der Waals surface area contributed by atoms with Crippen molar-refractivity contribution in [2.75, 3.05) is 24.5 Å². The van der Waals surface area contributed by atoms with E-state index in [9.17, 15) is 4.79 Å². The van der Waals surface area contributed by atoms with Crippen LogP contribution >= 0.6 is 0 Å². The lowest BCUT2D eigenvalue weighted by atomic mass is 10.0. The first-order valence-corrected chi connectivity index (χ1v) is 7.92. The van der Waals surface area contributed by atoms with Gasteiger partial charge >= 0.3 is 0 Å². The number of carbonyl (C=O) groups excluding carboxylic acids is 1. The van der Waals surface area contributed by atoms with Gasteiger partial charge in [0.05, 0.1) is 0 Å².